The van der Waals surface area contributed by atoms with Crippen LogP contribution in [0.25, 0.3) is 0 Å². The van der Waals surface area contributed by atoms with Crippen LogP contribution in [0.3, 0.4) is 0 Å². The summed E-state index contributed by atoms with van der Waals surface area (Å²) in [7, 11) is 0. The van der Waals surface area contributed by atoms with E-state index in [4.69, 9.17) is 4.84 Å². The third-order valence-corrected chi connectivity index (χ3v) is 4.49. The molecule has 1 aliphatic heterocycles. The Morgan fingerprint density at radius 3 is 2.19 bits per heavy atom. The average molecular weight is 245 g/mol. The zero-order valence-electron chi connectivity index (χ0n) is 11.0. The van der Waals surface area contributed by atoms with Crippen LogP contribution < -0.4 is 0 Å². The standard InChI is InChI=1S/C12H23NO2S/c1-11(2,3)10(14)15-13-8-6-12(4,16-5)7-9-13/h6-9H2,1-5H3. The van der Waals surface area contributed by atoms with Gasteiger partial charge in [0.2, 0.25) is 0 Å². The zero-order valence-corrected chi connectivity index (χ0v) is 11.8. The van der Waals surface area contributed by atoms with Crippen molar-refractivity contribution in [2.75, 3.05) is 19.3 Å². The first-order valence-corrected chi connectivity index (χ1v) is 7.02. The highest BCUT2D eigenvalue weighted by molar-refractivity contribution is 7.99. The summed E-state index contributed by atoms with van der Waals surface area (Å²) in [5.41, 5.74) is -0.416. The number of hydroxylamine groups is 2. The van der Waals surface area contributed by atoms with E-state index < -0.39 is 5.41 Å². The Labute approximate surface area is 103 Å². The second-order valence-electron chi connectivity index (χ2n) is 5.71. The van der Waals surface area contributed by atoms with Crippen molar-refractivity contribution in [3.63, 3.8) is 0 Å². The molecule has 1 rings (SSSR count). The molecule has 0 amide bonds. The lowest BCUT2D eigenvalue weighted by Crippen LogP contribution is -2.43. The molecule has 0 atom stereocenters. The SMILES string of the molecule is CSC1(C)CCN(OC(=O)C(C)(C)C)CC1. The van der Waals surface area contributed by atoms with E-state index in [2.05, 4.69) is 13.2 Å². The molecule has 1 fully saturated rings. The average Bonchev–Trinajstić information content (AvgIpc) is 2.20. The van der Waals surface area contributed by atoms with Gasteiger partial charge in [-0.25, -0.2) is 4.79 Å². The normalized spacial score (nSPS) is 21.8. The maximum absolute atomic E-state index is 11.7. The maximum Gasteiger partial charge on any atom is 0.330 e. The summed E-state index contributed by atoms with van der Waals surface area (Å²) in [5, 5.41) is 1.81. The van der Waals surface area contributed by atoms with Crippen molar-refractivity contribution in [1.82, 2.24) is 5.06 Å². The largest absolute Gasteiger partial charge is 0.367 e. The Morgan fingerprint density at radius 2 is 1.81 bits per heavy atom. The van der Waals surface area contributed by atoms with E-state index in [1.54, 1.807) is 0 Å². The van der Waals surface area contributed by atoms with Gasteiger partial charge in [-0.3, -0.25) is 0 Å². The first-order valence-electron chi connectivity index (χ1n) is 5.79. The van der Waals surface area contributed by atoms with Gasteiger partial charge in [0.05, 0.1) is 5.41 Å². The van der Waals surface area contributed by atoms with Crippen molar-refractivity contribution in [2.24, 2.45) is 5.41 Å². The summed E-state index contributed by atoms with van der Waals surface area (Å²) >= 11 is 1.91. The zero-order chi connectivity index (χ0) is 12.4. The summed E-state index contributed by atoms with van der Waals surface area (Å²) in [5.74, 6) is -0.139. The van der Waals surface area contributed by atoms with Crippen molar-refractivity contribution in [3.8, 4) is 0 Å². The molecule has 0 aromatic carbocycles. The van der Waals surface area contributed by atoms with E-state index in [0.29, 0.717) is 4.75 Å². The van der Waals surface area contributed by atoms with E-state index in [-0.39, 0.29) is 5.97 Å². The van der Waals surface area contributed by atoms with E-state index in [1.807, 2.05) is 37.6 Å². The Balaban J connectivity index is 2.41. The molecule has 94 valence electrons. The Bertz CT molecular complexity index is 252. The molecule has 0 aromatic rings. The fourth-order valence-electron chi connectivity index (χ4n) is 1.51. The number of carbonyl (C=O) groups excluding carboxylic acids is 1. The van der Waals surface area contributed by atoms with Gasteiger partial charge >= 0.3 is 5.97 Å². The molecule has 0 aliphatic carbocycles. The van der Waals surface area contributed by atoms with E-state index in [9.17, 15) is 4.79 Å². The third-order valence-electron chi connectivity index (χ3n) is 3.10. The Morgan fingerprint density at radius 1 is 1.31 bits per heavy atom. The van der Waals surface area contributed by atoms with Crippen LogP contribution in [0.1, 0.15) is 40.5 Å². The molecule has 0 N–H and O–H groups in total. The molecular weight excluding hydrogens is 222 g/mol. The molecule has 16 heavy (non-hydrogen) atoms. The second-order valence-corrected chi connectivity index (χ2v) is 7.11. The van der Waals surface area contributed by atoms with Crippen LogP contribution >= 0.6 is 11.8 Å². The molecule has 1 aliphatic rings. The fraction of sp³-hybridized carbons (Fsp3) is 0.917. The molecule has 0 bridgehead atoms. The summed E-state index contributed by atoms with van der Waals surface area (Å²) in [6.07, 6.45) is 4.30. The minimum Gasteiger partial charge on any atom is -0.367 e. The number of nitrogens with zero attached hydrogens (tertiary/aromatic N) is 1. The van der Waals surface area contributed by atoms with E-state index in [1.165, 1.54) is 0 Å². The maximum atomic E-state index is 11.7. The van der Waals surface area contributed by atoms with Crippen LogP contribution in [-0.4, -0.2) is 35.1 Å². The van der Waals surface area contributed by atoms with Gasteiger partial charge in [-0.15, -0.1) is 5.06 Å². The van der Waals surface area contributed by atoms with Gasteiger partial charge in [-0.1, -0.05) is 6.92 Å². The summed E-state index contributed by atoms with van der Waals surface area (Å²) in [6.45, 7) is 9.61. The number of hydrogen-bond donors (Lipinski definition) is 0. The lowest BCUT2D eigenvalue weighted by Gasteiger charge is -2.37. The first kappa shape index (κ1) is 13.8. The van der Waals surface area contributed by atoms with Gasteiger partial charge in [-0.2, -0.15) is 11.8 Å². The minimum absolute atomic E-state index is 0.139. The second kappa shape index (κ2) is 4.96. The van der Waals surface area contributed by atoms with E-state index in [0.717, 1.165) is 25.9 Å². The van der Waals surface area contributed by atoms with Crippen molar-refractivity contribution in [3.05, 3.63) is 0 Å². The Hall–Kier alpha value is -0.220. The number of rotatable bonds is 2. The smallest absolute Gasteiger partial charge is 0.330 e. The fourth-order valence-corrected chi connectivity index (χ4v) is 2.10. The van der Waals surface area contributed by atoms with Gasteiger partial charge in [0, 0.05) is 17.8 Å². The topological polar surface area (TPSA) is 29.5 Å². The highest BCUT2D eigenvalue weighted by Gasteiger charge is 2.32. The molecule has 0 radical (unpaired) electrons. The number of thioether (sulfide) groups is 1. The lowest BCUT2D eigenvalue weighted by atomic mass is 9.97. The monoisotopic (exact) mass is 245 g/mol. The van der Waals surface area contributed by atoms with E-state index >= 15 is 0 Å². The third kappa shape index (κ3) is 3.67. The highest BCUT2D eigenvalue weighted by atomic mass is 32.2. The molecule has 0 spiro atoms. The molecular formula is C12H23NO2S. The predicted molar refractivity (Wildman–Crippen MR) is 68.3 cm³/mol. The molecule has 0 unspecified atom stereocenters. The quantitative estimate of drug-likeness (QED) is 0.748. The van der Waals surface area contributed by atoms with Crippen LogP contribution in [0.15, 0.2) is 0 Å². The van der Waals surface area contributed by atoms with Gasteiger partial charge < -0.3 is 4.84 Å². The molecule has 4 heteroatoms. The van der Waals surface area contributed by atoms with Crippen molar-refractivity contribution >= 4 is 17.7 Å². The molecule has 1 saturated heterocycles. The van der Waals surface area contributed by atoms with Gasteiger partial charge in [0.1, 0.15) is 0 Å². The van der Waals surface area contributed by atoms with Gasteiger partial charge in [-0.05, 0) is 39.9 Å². The van der Waals surface area contributed by atoms with Crippen molar-refractivity contribution in [1.29, 1.82) is 0 Å². The van der Waals surface area contributed by atoms with Gasteiger partial charge in [0.15, 0.2) is 0 Å². The lowest BCUT2D eigenvalue weighted by molar-refractivity contribution is -0.204. The van der Waals surface area contributed by atoms with Crippen molar-refractivity contribution < 1.29 is 9.63 Å². The van der Waals surface area contributed by atoms with Crippen LogP contribution in [-0.2, 0) is 9.63 Å². The molecule has 0 saturated carbocycles. The van der Waals surface area contributed by atoms with Gasteiger partial charge in [0.25, 0.3) is 0 Å². The predicted octanol–water partition coefficient (Wildman–Crippen LogP) is 2.71. The summed E-state index contributed by atoms with van der Waals surface area (Å²) in [6, 6.07) is 0. The van der Waals surface area contributed by atoms with Crippen molar-refractivity contribution in [2.45, 2.75) is 45.3 Å². The molecule has 3 nitrogen and oxygen atoms in total. The number of piperidine rings is 1. The highest BCUT2D eigenvalue weighted by Crippen LogP contribution is 2.34. The minimum atomic E-state index is -0.416. The Kier molecular flexibility index (Phi) is 4.29. The summed E-state index contributed by atoms with van der Waals surface area (Å²) in [4.78, 5) is 17.1. The van der Waals surface area contributed by atoms with Crippen LogP contribution in [0.5, 0.6) is 0 Å². The molecule has 0 aromatic heterocycles. The summed E-state index contributed by atoms with van der Waals surface area (Å²) < 4.78 is 0.352. The molecule has 1 heterocycles. The van der Waals surface area contributed by atoms with Crippen LogP contribution in [0.2, 0.25) is 0 Å². The first-order chi connectivity index (χ1) is 7.27. The van der Waals surface area contributed by atoms with Crippen LogP contribution in [0, 0.1) is 5.41 Å². The van der Waals surface area contributed by atoms with Crippen LogP contribution in [0.4, 0.5) is 0 Å². The number of carbonyl (C=O) groups is 1. The number of hydrogen-bond acceptors (Lipinski definition) is 4.